The van der Waals surface area contributed by atoms with Crippen LogP contribution in [-0.2, 0) is 19.1 Å². The van der Waals surface area contributed by atoms with Crippen molar-refractivity contribution in [1.82, 2.24) is 0 Å². The number of hydrogen-bond donors (Lipinski definition) is 1. The Morgan fingerprint density at radius 1 is 0.971 bits per heavy atom. The third kappa shape index (κ3) is 5.09. The third-order valence-electron chi connectivity index (χ3n) is 10.7. The Morgan fingerprint density at radius 2 is 1.59 bits per heavy atom. The molecule has 5 nitrogen and oxygen atoms in total. The molecule has 3 aliphatic carbocycles. The molecule has 0 saturated heterocycles. The highest BCUT2D eigenvalue weighted by atomic mass is 16.5. The van der Waals surface area contributed by atoms with Crippen molar-refractivity contribution in [3.63, 3.8) is 0 Å². The largest absolute Gasteiger partial charge is 0.481 e. The molecule has 5 heteroatoms. The lowest BCUT2D eigenvalue weighted by Crippen LogP contribution is -2.53. The van der Waals surface area contributed by atoms with E-state index in [4.69, 9.17) is 4.74 Å². The average Bonchev–Trinajstić information content (AvgIpc) is 3.10. The standard InChI is InChI=1S/C29H48O5/c1-17(2)18(3)8-9-19(4)22-10-11-23-26(31)24(13-15-28(22,23)6)29(7)14-12-21(34-20(5)30)16-25(29)27(32)33/h17-19,21-25H,8-16H2,1-7H3,(H,32,33)/t18-,19+,21?,22+,23-,24?,25?,28+,29+/m0/s1. The van der Waals surface area contributed by atoms with E-state index in [0.29, 0.717) is 42.8 Å². The normalized spacial score (nSPS) is 40.0. The number of aliphatic carboxylic acids is 1. The number of carboxylic acids is 1. The first kappa shape index (κ1) is 27.2. The van der Waals surface area contributed by atoms with E-state index < -0.39 is 17.3 Å². The lowest BCUT2D eigenvalue weighted by molar-refractivity contribution is -0.168. The first-order valence-corrected chi connectivity index (χ1v) is 13.7. The van der Waals surface area contributed by atoms with E-state index in [0.717, 1.165) is 31.6 Å². The van der Waals surface area contributed by atoms with Crippen LogP contribution in [0, 0.1) is 52.3 Å². The molecule has 3 rings (SSSR count). The van der Waals surface area contributed by atoms with Gasteiger partial charge in [0.2, 0.25) is 0 Å². The molecular weight excluding hydrogens is 428 g/mol. The van der Waals surface area contributed by atoms with Crippen molar-refractivity contribution < 1.29 is 24.2 Å². The van der Waals surface area contributed by atoms with Crippen molar-refractivity contribution in [1.29, 1.82) is 0 Å². The fourth-order valence-electron chi connectivity index (χ4n) is 8.02. The number of carboxylic acid groups (broad SMARTS) is 1. The van der Waals surface area contributed by atoms with Gasteiger partial charge in [0.25, 0.3) is 0 Å². The number of Topliss-reactive ketones (excluding diaryl/α,β-unsaturated/α-hetero) is 1. The number of ketones is 1. The van der Waals surface area contributed by atoms with Gasteiger partial charge in [0.1, 0.15) is 11.9 Å². The molecule has 3 unspecified atom stereocenters. The maximum absolute atomic E-state index is 14.0. The summed E-state index contributed by atoms with van der Waals surface area (Å²) in [4.78, 5) is 37.7. The smallest absolute Gasteiger partial charge is 0.307 e. The van der Waals surface area contributed by atoms with Crippen LogP contribution in [0.2, 0.25) is 0 Å². The zero-order valence-electron chi connectivity index (χ0n) is 22.6. The lowest BCUT2D eigenvalue weighted by Gasteiger charge is -2.52. The fraction of sp³-hybridized carbons (Fsp3) is 0.897. The van der Waals surface area contributed by atoms with Crippen molar-refractivity contribution in [3.8, 4) is 0 Å². The minimum absolute atomic E-state index is 0.0398. The molecule has 0 aromatic heterocycles. The molecule has 3 aliphatic rings. The van der Waals surface area contributed by atoms with E-state index in [1.165, 1.54) is 19.8 Å². The first-order chi connectivity index (χ1) is 15.8. The number of esters is 1. The molecule has 0 spiro atoms. The maximum atomic E-state index is 14.0. The molecule has 0 aromatic rings. The second kappa shape index (κ2) is 10.3. The molecule has 3 saturated carbocycles. The summed E-state index contributed by atoms with van der Waals surface area (Å²) in [6.07, 6.45) is 7.54. The summed E-state index contributed by atoms with van der Waals surface area (Å²) in [6.45, 7) is 15.1. The van der Waals surface area contributed by atoms with Crippen LogP contribution in [0.5, 0.6) is 0 Å². The van der Waals surface area contributed by atoms with Crippen LogP contribution in [0.3, 0.4) is 0 Å². The zero-order valence-corrected chi connectivity index (χ0v) is 22.6. The van der Waals surface area contributed by atoms with Crippen molar-refractivity contribution in [2.24, 2.45) is 52.3 Å². The summed E-state index contributed by atoms with van der Waals surface area (Å²) < 4.78 is 5.37. The maximum Gasteiger partial charge on any atom is 0.307 e. The first-order valence-electron chi connectivity index (χ1n) is 13.7. The lowest BCUT2D eigenvalue weighted by atomic mass is 9.51. The molecule has 194 valence electrons. The summed E-state index contributed by atoms with van der Waals surface area (Å²) in [5.41, 5.74) is -0.532. The number of fused-ring (bicyclic) bond motifs is 1. The van der Waals surface area contributed by atoms with Gasteiger partial charge in [-0.2, -0.15) is 0 Å². The van der Waals surface area contributed by atoms with Crippen LogP contribution in [-0.4, -0.2) is 28.9 Å². The molecule has 0 aliphatic heterocycles. The van der Waals surface area contributed by atoms with E-state index in [1.807, 2.05) is 6.92 Å². The molecule has 34 heavy (non-hydrogen) atoms. The molecule has 3 fully saturated rings. The highest BCUT2D eigenvalue weighted by molar-refractivity contribution is 5.87. The predicted molar refractivity (Wildman–Crippen MR) is 133 cm³/mol. The van der Waals surface area contributed by atoms with Crippen LogP contribution >= 0.6 is 0 Å². The molecule has 0 heterocycles. The molecular formula is C29H48O5. The molecule has 0 aromatic carbocycles. The van der Waals surface area contributed by atoms with Gasteiger partial charge in [-0.1, -0.05) is 54.4 Å². The van der Waals surface area contributed by atoms with E-state index in [9.17, 15) is 19.5 Å². The van der Waals surface area contributed by atoms with Gasteiger partial charge in [-0.25, -0.2) is 0 Å². The van der Waals surface area contributed by atoms with E-state index in [2.05, 4.69) is 34.6 Å². The van der Waals surface area contributed by atoms with Crippen LogP contribution in [0.1, 0.15) is 106 Å². The van der Waals surface area contributed by atoms with Gasteiger partial charge in [0, 0.05) is 18.8 Å². The van der Waals surface area contributed by atoms with Gasteiger partial charge < -0.3 is 9.84 Å². The number of hydrogen-bond acceptors (Lipinski definition) is 4. The fourth-order valence-corrected chi connectivity index (χ4v) is 8.02. The van der Waals surface area contributed by atoms with Gasteiger partial charge in [-0.05, 0) is 79.4 Å². The van der Waals surface area contributed by atoms with Crippen LogP contribution in [0.25, 0.3) is 0 Å². The van der Waals surface area contributed by atoms with E-state index in [1.54, 1.807) is 0 Å². The molecule has 1 N–H and O–H groups in total. The highest BCUT2D eigenvalue weighted by Gasteiger charge is 2.60. The zero-order chi connectivity index (χ0) is 25.4. The van der Waals surface area contributed by atoms with Crippen LogP contribution < -0.4 is 0 Å². The summed E-state index contributed by atoms with van der Waals surface area (Å²) in [7, 11) is 0. The van der Waals surface area contributed by atoms with Crippen molar-refractivity contribution in [2.45, 2.75) is 112 Å². The summed E-state index contributed by atoms with van der Waals surface area (Å²) in [6, 6.07) is 0. The topological polar surface area (TPSA) is 80.7 Å². The van der Waals surface area contributed by atoms with Crippen molar-refractivity contribution in [2.75, 3.05) is 0 Å². The van der Waals surface area contributed by atoms with Gasteiger partial charge in [-0.3, -0.25) is 14.4 Å². The third-order valence-corrected chi connectivity index (χ3v) is 10.7. The monoisotopic (exact) mass is 476 g/mol. The summed E-state index contributed by atoms with van der Waals surface area (Å²) >= 11 is 0. The minimum atomic E-state index is -0.863. The van der Waals surface area contributed by atoms with Crippen molar-refractivity contribution >= 4 is 17.7 Å². The highest BCUT2D eigenvalue weighted by Crippen LogP contribution is 2.62. The van der Waals surface area contributed by atoms with Crippen LogP contribution in [0.4, 0.5) is 0 Å². The van der Waals surface area contributed by atoms with Gasteiger partial charge in [-0.15, -0.1) is 0 Å². The summed E-state index contributed by atoms with van der Waals surface area (Å²) in [5.74, 6) is 0.894. The SMILES string of the molecule is CC(=O)OC1CC[C@](C)(C2CC[C@]3(C)[C@@H]([C@H](C)CC[C@H](C)C(C)C)CC[C@H]3C2=O)C(C(=O)O)C1. The quantitative estimate of drug-likeness (QED) is 0.403. The molecule has 0 radical (unpaired) electrons. The molecule has 0 bridgehead atoms. The molecule has 9 atom stereocenters. The molecule has 0 amide bonds. The Bertz CT molecular complexity index is 774. The number of ether oxygens (including phenoxy) is 1. The van der Waals surface area contributed by atoms with E-state index >= 15 is 0 Å². The second-order valence-electron chi connectivity index (χ2n) is 12.9. The number of carbonyl (C=O) groups excluding carboxylic acids is 2. The minimum Gasteiger partial charge on any atom is -0.481 e. The number of carbonyl (C=O) groups is 3. The Labute approximate surface area is 206 Å². The Kier molecular flexibility index (Phi) is 8.24. The van der Waals surface area contributed by atoms with Crippen molar-refractivity contribution in [3.05, 3.63) is 0 Å². The van der Waals surface area contributed by atoms with Gasteiger partial charge in [0.05, 0.1) is 5.92 Å². The number of rotatable bonds is 8. The Hall–Kier alpha value is -1.39. The average molecular weight is 477 g/mol. The second-order valence-corrected chi connectivity index (χ2v) is 12.9. The predicted octanol–water partition coefficient (Wildman–Crippen LogP) is 6.53. The van der Waals surface area contributed by atoms with E-state index in [-0.39, 0.29) is 29.3 Å². The Morgan fingerprint density at radius 3 is 2.18 bits per heavy atom. The Balaban J connectivity index is 1.74. The summed E-state index contributed by atoms with van der Waals surface area (Å²) in [5, 5.41) is 10.1. The van der Waals surface area contributed by atoms with Gasteiger partial charge >= 0.3 is 11.9 Å². The van der Waals surface area contributed by atoms with Crippen LogP contribution in [0.15, 0.2) is 0 Å². The van der Waals surface area contributed by atoms with Gasteiger partial charge in [0.15, 0.2) is 0 Å².